The van der Waals surface area contributed by atoms with Gasteiger partial charge in [0.25, 0.3) is 0 Å². The highest BCUT2D eigenvalue weighted by Gasteiger charge is 2.51. The quantitative estimate of drug-likeness (QED) is 0.187. The Bertz CT molecular complexity index is 2690. The predicted molar refractivity (Wildman–Crippen MR) is 225 cm³/mol. The molecule has 8 aromatic rings. The summed E-state index contributed by atoms with van der Waals surface area (Å²) in [6, 6.07) is 72.7. The van der Waals surface area contributed by atoms with E-state index >= 15 is 0 Å². The lowest BCUT2D eigenvalue weighted by molar-refractivity contribution is 0.409. The van der Waals surface area contributed by atoms with Gasteiger partial charge in [0, 0.05) is 5.56 Å². The van der Waals surface area contributed by atoms with Gasteiger partial charge in [-0.05, 0) is 77.9 Å². The van der Waals surface area contributed by atoms with Gasteiger partial charge in [0.1, 0.15) is 18.2 Å². The molecule has 0 aromatic heterocycles. The van der Waals surface area contributed by atoms with Crippen molar-refractivity contribution in [2.24, 2.45) is 4.99 Å². The van der Waals surface area contributed by atoms with Crippen molar-refractivity contribution < 1.29 is 0 Å². The molecule has 1 heterocycles. The summed E-state index contributed by atoms with van der Waals surface area (Å²) < 4.78 is 0. The summed E-state index contributed by atoms with van der Waals surface area (Å²) in [5.74, 6) is 0.871. The summed E-state index contributed by atoms with van der Waals surface area (Å²) in [5, 5.41) is 7.70. The predicted octanol–water partition coefficient (Wildman–Crippen LogP) is 11.7. The lowest BCUT2D eigenvalue weighted by Gasteiger charge is -2.34. The van der Waals surface area contributed by atoms with Gasteiger partial charge in [0.2, 0.25) is 0 Å². The molecule has 0 fully saturated rings. The minimum absolute atomic E-state index is 0.163. The SMILES string of the molecule is c1ccc(-c2ccc(C3=NC(c4ccc5c(c4)C4(c6ccccc6-c6ccccc64)c4ccccc4-5)NC(c4ccc(-c5ccccc5)cc4)N3)cc2)cc1. The highest BCUT2D eigenvalue weighted by Crippen LogP contribution is 2.62. The van der Waals surface area contributed by atoms with Gasteiger partial charge >= 0.3 is 0 Å². The third-order valence-corrected chi connectivity index (χ3v) is 11.8. The fourth-order valence-electron chi connectivity index (χ4n) is 9.28. The van der Waals surface area contributed by atoms with E-state index in [-0.39, 0.29) is 12.3 Å². The van der Waals surface area contributed by atoms with Crippen LogP contribution >= 0.6 is 0 Å². The monoisotopic (exact) mass is 703 g/mol. The molecule has 8 aromatic carbocycles. The molecule has 0 saturated heterocycles. The Hall–Kier alpha value is -6.81. The highest BCUT2D eigenvalue weighted by atomic mass is 15.3. The van der Waals surface area contributed by atoms with Crippen molar-refractivity contribution in [1.82, 2.24) is 10.6 Å². The van der Waals surface area contributed by atoms with E-state index in [1.54, 1.807) is 0 Å². The number of benzene rings is 8. The van der Waals surface area contributed by atoms with E-state index in [1.165, 1.54) is 66.8 Å². The zero-order chi connectivity index (χ0) is 36.3. The summed E-state index contributed by atoms with van der Waals surface area (Å²) >= 11 is 0. The molecule has 2 atom stereocenters. The molecule has 2 N–H and O–H groups in total. The molecule has 2 aliphatic carbocycles. The number of aliphatic imine (C=N–C) groups is 1. The number of hydrogen-bond acceptors (Lipinski definition) is 3. The first-order valence-corrected chi connectivity index (χ1v) is 19.1. The van der Waals surface area contributed by atoms with Crippen LogP contribution in [-0.2, 0) is 5.41 Å². The van der Waals surface area contributed by atoms with Crippen molar-refractivity contribution in [3.8, 4) is 44.5 Å². The molecule has 11 rings (SSSR count). The molecule has 0 radical (unpaired) electrons. The van der Waals surface area contributed by atoms with Crippen LogP contribution in [-0.4, -0.2) is 5.84 Å². The second kappa shape index (κ2) is 12.7. The number of nitrogens with zero attached hydrogens (tertiary/aromatic N) is 1. The molecule has 3 aliphatic rings. The molecule has 0 amide bonds. The van der Waals surface area contributed by atoms with Gasteiger partial charge in [-0.25, -0.2) is 4.99 Å². The molecule has 3 nitrogen and oxygen atoms in total. The van der Waals surface area contributed by atoms with E-state index in [4.69, 9.17) is 4.99 Å². The van der Waals surface area contributed by atoms with Crippen molar-refractivity contribution >= 4 is 5.84 Å². The van der Waals surface area contributed by atoms with Crippen LogP contribution in [0, 0.1) is 0 Å². The number of fused-ring (bicyclic) bond motifs is 10. The van der Waals surface area contributed by atoms with Crippen LogP contribution in [0.2, 0.25) is 0 Å². The van der Waals surface area contributed by atoms with Crippen LogP contribution in [0.4, 0.5) is 0 Å². The minimum Gasteiger partial charge on any atom is -0.350 e. The summed E-state index contributed by atoms with van der Waals surface area (Å²) in [4.78, 5) is 5.44. The fourth-order valence-corrected chi connectivity index (χ4v) is 9.28. The molecule has 260 valence electrons. The smallest absolute Gasteiger partial charge is 0.131 e. The van der Waals surface area contributed by atoms with E-state index in [0.29, 0.717) is 0 Å². The van der Waals surface area contributed by atoms with Crippen LogP contribution < -0.4 is 10.6 Å². The molecule has 0 bridgehead atoms. The highest BCUT2D eigenvalue weighted by molar-refractivity contribution is 6.00. The van der Waals surface area contributed by atoms with Crippen molar-refractivity contribution in [3.63, 3.8) is 0 Å². The zero-order valence-electron chi connectivity index (χ0n) is 30.2. The van der Waals surface area contributed by atoms with Gasteiger partial charge in [-0.2, -0.15) is 0 Å². The van der Waals surface area contributed by atoms with Crippen molar-refractivity contribution in [3.05, 3.63) is 239 Å². The normalized spacial score (nSPS) is 17.1. The Morgan fingerprint density at radius 3 is 1.33 bits per heavy atom. The van der Waals surface area contributed by atoms with Gasteiger partial charge in [-0.15, -0.1) is 0 Å². The van der Waals surface area contributed by atoms with Crippen LogP contribution in [0.5, 0.6) is 0 Å². The maximum atomic E-state index is 5.44. The number of hydrogen-bond donors (Lipinski definition) is 2. The first-order valence-electron chi connectivity index (χ1n) is 19.1. The molecule has 2 unspecified atom stereocenters. The van der Waals surface area contributed by atoms with E-state index < -0.39 is 5.41 Å². The topological polar surface area (TPSA) is 36.4 Å². The van der Waals surface area contributed by atoms with E-state index in [9.17, 15) is 0 Å². The Labute approximate surface area is 321 Å². The van der Waals surface area contributed by atoms with E-state index in [1.807, 2.05) is 0 Å². The van der Waals surface area contributed by atoms with Crippen LogP contribution in [0.15, 0.2) is 205 Å². The average Bonchev–Trinajstić information content (AvgIpc) is 3.74. The zero-order valence-corrected chi connectivity index (χ0v) is 30.2. The van der Waals surface area contributed by atoms with Crippen LogP contribution in [0.1, 0.15) is 51.3 Å². The maximum Gasteiger partial charge on any atom is 0.131 e. The van der Waals surface area contributed by atoms with Gasteiger partial charge in [-0.1, -0.05) is 200 Å². The Kier molecular flexibility index (Phi) is 7.29. The number of amidine groups is 1. The molecular weight excluding hydrogens is 667 g/mol. The number of nitrogens with one attached hydrogen (secondary N) is 2. The minimum atomic E-state index is -0.408. The van der Waals surface area contributed by atoms with Gasteiger partial charge in [-0.3, -0.25) is 5.32 Å². The third-order valence-electron chi connectivity index (χ3n) is 11.8. The first-order chi connectivity index (χ1) is 27.3. The van der Waals surface area contributed by atoms with Crippen LogP contribution in [0.3, 0.4) is 0 Å². The molecule has 0 saturated carbocycles. The lowest BCUT2D eigenvalue weighted by atomic mass is 9.70. The Morgan fingerprint density at radius 1 is 0.364 bits per heavy atom. The molecule has 1 aliphatic heterocycles. The standard InChI is InChI=1S/C52H37N3/c1-3-13-34(14-4-1)36-23-27-38(28-24-36)49-53-50(39-29-25-37(26-30-39)35-15-5-2-6-16-35)55-51(54-49)40-31-32-44-43-19-9-12-22-47(43)52(48(44)33-40)45-20-10-7-17-41(45)42-18-8-11-21-46(42)52/h1-33,49,51,54H,(H,53,55). The lowest BCUT2D eigenvalue weighted by Crippen LogP contribution is -2.45. The third kappa shape index (κ3) is 4.97. The summed E-state index contributed by atoms with van der Waals surface area (Å²) in [6.45, 7) is 0. The molecule has 55 heavy (non-hydrogen) atoms. The van der Waals surface area contributed by atoms with E-state index in [0.717, 1.165) is 22.5 Å². The van der Waals surface area contributed by atoms with Crippen LogP contribution in [0.25, 0.3) is 44.5 Å². The Balaban J connectivity index is 1.04. The molecular formula is C52H37N3. The summed E-state index contributed by atoms with van der Waals surface area (Å²) in [6.07, 6.45) is -0.453. The average molecular weight is 704 g/mol. The maximum absolute atomic E-state index is 5.44. The van der Waals surface area contributed by atoms with Gasteiger partial charge < -0.3 is 5.32 Å². The molecule has 3 heteroatoms. The van der Waals surface area contributed by atoms with E-state index in [2.05, 4.69) is 211 Å². The summed E-state index contributed by atoms with van der Waals surface area (Å²) in [5.41, 5.74) is 18.3. The fraction of sp³-hybridized carbons (Fsp3) is 0.0577. The van der Waals surface area contributed by atoms with Gasteiger partial charge in [0.15, 0.2) is 0 Å². The number of rotatable bonds is 5. The summed E-state index contributed by atoms with van der Waals surface area (Å²) in [7, 11) is 0. The van der Waals surface area contributed by atoms with Crippen molar-refractivity contribution in [2.45, 2.75) is 17.7 Å². The Morgan fingerprint density at radius 2 is 0.782 bits per heavy atom. The second-order valence-electron chi connectivity index (χ2n) is 14.7. The largest absolute Gasteiger partial charge is 0.350 e. The van der Waals surface area contributed by atoms with Crippen molar-refractivity contribution in [2.75, 3.05) is 0 Å². The van der Waals surface area contributed by atoms with Gasteiger partial charge in [0.05, 0.1) is 5.41 Å². The molecule has 1 spiro atoms. The van der Waals surface area contributed by atoms with Crippen molar-refractivity contribution in [1.29, 1.82) is 0 Å². The second-order valence-corrected chi connectivity index (χ2v) is 14.7. The first kappa shape index (κ1) is 31.7.